The Morgan fingerprint density at radius 3 is 1.52 bits per heavy atom. The van der Waals surface area contributed by atoms with Gasteiger partial charge in [-0.15, -0.1) is 77.4 Å². The van der Waals surface area contributed by atoms with Gasteiger partial charge < -0.3 is 8.83 Å². The summed E-state index contributed by atoms with van der Waals surface area (Å²) in [5, 5.41) is 12.8. The van der Waals surface area contributed by atoms with Gasteiger partial charge in [-0.3, -0.25) is 0 Å². The number of para-hydroxylation sites is 1. The average Bonchev–Trinajstić information content (AvgIpc) is 1.61. The topological polar surface area (TPSA) is 85.4 Å². The number of rotatable bonds is 4. The molecule has 10 nitrogen and oxygen atoms in total. The monoisotopic (exact) mass is 1340 g/mol. The van der Waals surface area contributed by atoms with E-state index in [1.807, 2.05) is 166 Å². The normalized spacial score (nSPS) is 11.8. The highest BCUT2D eigenvalue weighted by Gasteiger charge is 2.27. The van der Waals surface area contributed by atoms with Gasteiger partial charge in [-0.05, 0) is 107 Å². The summed E-state index contributed by atoms with van der Waals surface area (Å²) in [7, 11) is 8.19. The molecule has 20 aromatic rings. The van der Waals surface area contributed by atoms with Crippen LogP contribution in [0.4, 0.5) is 0 Å². The Hall–Kier alpha value is -9.91. The minimum atomic E-state index is 0.586. The standard InChI is InChI=1S/3C20H15N2S2.C19H15N2O2/c1-12-8-9-14-17(16(12)20-21-10-5-11-22(20)2)24-18-13-6-3-4-7-15(13)23-19(14)18;1-12-8-9-14-17-13-6-3-4-7-15(13)23-20(17)24-18(14)16(12)19-21-10-5-11-22(19)2;1-12-10-15-17(11-14(12)20-21-8-5-9-22(20)2)24-18-13-6-3-4-7-16(13)23-19(15)18;1-12-8-9-14-16-13-6-3-4-7-15(13)22-19(16)23-18(14)17(12)21-11-5-10-20(21)2/h3*3-11H,1-2H3;3-11H,1-2H3/q4*+1. The molecule has 0 fully saturated rings. The number of hydrogen-bond acceptors (Lipinski definition) is 11. The quantitative estimate of drug-likeness (QED) is 0.164. The summed E-state index contributed by atoms with van der Waals surface area (Å²) in [5.41, 5.74) is 11.5. The van der Waals surface area contributed by atoms with E-state index in [0.29, 0.717) is 5.78 Å². The van der Waals surface area contributed by atoms with Gasteiger partial charge in [0.25, 0.3) is 5.78 Å². The Bertz CT molecular complexity index is 6380. The summed E-state index contributed by atoms with van der Waals surface area (Å²) in [4.78, 5) is 13.9. The molecule has 0 aliphatic heterocycles. The predicted molar refractivity (Wildman–Crippen MR) is 400 cm³/mol. The highest BCUT2D eigenvalue weighted by atomic mass is 32.2. The third-order valence-corrected chi connectivity index (χ3v) is 25.6. The maximum atomic E-state index is 6.13. The SMILES string of the molecule is Cc1cc2c(cc1-c1nccc[n+]1C)sc1c3ccccc3sc21.Cc1ccc2c(oc3oc4ccccc4c32)c1-n1ccc[n+]1C.Cc1ccc2c(sc3c4ccccc4sc23)c1-c1nccc[n+]1C.Cc1ccc2c(sc3sc4ccccc4c32)c1-c1nccc[n+]1C. The lowest BCUT2D eigenvalue weighted by Gasteiger charge is -2.05. The summed E-state index contributed by atoms with van der Waals surface area (Å²) in [6.07, 6.45) is 15.8. The van der Waals surface area contributed by atoms with Crippen LogP contribution in [-0.2, 0) is 28.2 Å². The fourth-order valence-electron chi connectivity index (χ4n) is 13.4. The molecule has 0 saturated heterocycles. The van der Waals surface area contributed by atoms with Gasteiger partial charge in [0, 0.05) is 91.5 Å². The van der Waals surface area contributed by atoms with E-state index in [0.717, 1.165) is 56.0 Å². The Morgan fingerprint density at radius 1 is 0.368 bits per heavy atom. The van der Waals surface area contributed by atoms with Crippen LogP contribution in [0.1, 0.15) is 22.3 Å². The van der Waals surface area contributed by atoms with E-state index in [1.54, 1.807) is 0 Å². The highest BCUT2D eigenvalue weighted by Crippen LogP contribution is 2.50. The van der Waals surface area contributed by atoms with E-state index in [9.17, 15) is 0 Å². The van der Waals surface area contributed by atoms with Crippen LogP contribution in [0.3, 0.4) is 0 Å². The maximum absolute atomic E-state index is 6.13. The van der Waals surface area contributed by atoms with E-state index in [1.165, 1.54) is 122 Å². The van der Waals surface area contributed by atoms with Gasteiger partial charge in [0.1, 0.15) is 24.2 Å². The summed E-state index contributed by atoms with van der Waals surface area (Å²) in [5.74, 6) is 3.65. The van der Waals surface area contributed by atoms with Crippen molar-refractivity contribution >= 4 is 190 Å². The lowest BCUT2D eigenvalue weighted by molar-refractivity contribution is -0.744. The number of benzene rings is 8. The molecule has 12 aromatic heterocycles. The minimum absolute atomic E-state index is 0.586. The number of fused-ring (bicyclic) bond motifs is 20. The molecule has 0 aliphatic carbocycles. The summed E-state index contributed by atoms with van der Waals surface area (Å²) in [6.45, 7) is 8.63. The Kier molecular flexibility index (Phi) is 14.6. The van der Waals surface area contributed by atoms with Crippen molar-refractivity contribution in [3.05, 3.63) is 242 Å². The Balaban J connectivity index is 0.0000000961. The fourth-order valence-corrected chi connectivity index (χ4v) is 21.7. The first-order valence-electron chi connectivity index (χ1n) is 31.2. The smallest absolute Gasteiger partial charge is 0.331 e. The first-order valence-corrected chi connectivity index (χ1v) is 36.1. The summed E-state index contributed by atoms with van der Waals surface area (Å²) in [6, 6.07) is 59.9. The fraction of sp³-hybridized carbons (Fsp3) is 0.101. The largest absolute Gasteiger partial charge is 0.425 e. The van der Waals surface area contributed by atoms with Crippen molar-refractivity contribution in [3.8, 4) is 39.9 Å². The van der Waals surface area contributed by atoms with Crippen LogP contribution in [0.2, 0.25) is 0 Å². The third-order valence-electron chi connectivity index (χ3n) is 18.0. The van der Waals surface area contributed by atoms with E-state index < -0.39 is 0 Å². The molecule has 0 bridgehead atoms. The molecule has 0 unspecified atom stereocenters. The van der Waals surface area contributed by atoms with Gasteiger partial charge in [0.15, 0.2) is 24.5 Å². The molecule has 460 valence electrons. The van der Waals surface area contributed by atoms with Crippen LogP contribution in [0.25, 0.3) is 162 Å². The molecule has 0 atom stereocenters. The number of hydrogen-bond donors (Lipinski definition) is 0. The van der Waals surface area contributed by atoms with Crippen LogP contribution < -0.4 is 18.4 Å². The van der Waals surface area contributed by atoms with Gasteiger partial charge in [-0.25, -0.2) is 13.7 Å². The summed E-state index contributed by atoms with van der Waals surface area (Å²) < 4.78 is 37.6. The van der Waals surface area contributed by atoms with Crippen LogP contribution in [0.5, 0.6) is 0 Å². The lowest BCUT2D eigenvalue weighted by atomic mass is 10.0. The van der Waals surface area contributed by atoms with Crippen molar-refractivity contribution in [2.75, 3.05) is 0 Å². The van der Waals surface area contributed by atoms with Crippen LogP contribution in [0.15, 0.2) is 228 Å². The number of nitrogens with zero attached hydrogens (tertiary/aromatic N) is 8. The Morgan fingerprint density at radius 2 is 0.884 bits per heavy atom. The predicted octanol–water partition coefficient (Wildman–Crippen LogP) is 20.6. The molecule has 12 heterocycles. The molecule has 20 rings (SSSR count). The number of thiophene rings is 6. The molecule has 16 heteroatoms. The van der Waals surface area contributed by atoms with Crippen molar-refractivity contribution in [3.63, 3.8) is 0 Å². The zero-order valence-corrected chi connectivity index (χ0v) is 58.0. The van der Waals surface area contributed by atoms with E-state index in [-0.39, 0.29) is 0 Å². The highest BCUT2D eigenvalue weighted by molar-refractivity contribution is 7.45. The molecule has 0 N–H and O–H groups in total. The number of aryl methyl sites for hydroxylation is 8. The van der Waals surface area contributed by atoms with Crippen LogP contribution in [0, 0.1) is 27.7 Å². The Labute approximate surface area is 569 Å². The van der Waals surface area contributed by atoms with Gasteiger partial charge >= 0.3 is 17.5 Å². The van der Waals surface area contributed by atoms with E-state index in [4.69, 9.17) is 8.83 Å². The first-order chi connectivity index (χ1) is 46.4. The van der Waals surface area contributed by atoms with Crippen molar-refractivity contribution < 1.29 is 27.2 Å². The number of aromatic nitrogens is 8. The van der Waals surface area contributed by atoms with Gasteiger partial charge in [-0.1, -0.05) is 103 Å². The molecule has 0 radical (unpaired) electrons. The zero-order chi connectivity index (χ0) is 64.3. The zero-order valence-electron chi connectivity index (χ0n) is 53.1. The lowest BCUT2D eigenvalue weighted by Crippen LogP contribution is -2.37. The minimum Gasteiger partial charge on any atom is -0.425 e. The molecule has 8 aromatic carbocycles. The first kappa shape index (κ1) is 58.9. The molecular weight excluding hydrogens is 1290 g/mol. The molecule has 95 heavy (non-hydrogen) atoms. The van der Waals surface area contributed by atoms with Gasteiger partial charge in [0.05, 0.1) is 100 Å². The van der Waals surface area contributed by atoms with E-state index in [2.05, 4.69) is 215 Å². The second kappa shape index (κ2) is 23.5. The number of furan rings is 2. The molecule has 0 aliphatic rings. The van der Waals surface area contributed by atoms with Crippen LogP contribution in [-0.4, -0.2) is 19.6 Å². The second-order valence-corrected chi connectivity index (χ2v) is 30.6. The maximum Gasteiger partial charge on any atom is 0.331 e. The van der Waals surface area contributed by atoms with Crippen molar-refractivity contribution in [1.82, 2.24) is 19.6 Å². The second-order valence-electron chi connectivity index (χ2n) is 24.1. The molecular formula is C79H60N8O2S6+4. The third kappa shape index (κ3) is 9.83. The van der Waals surface area contributed by atoms with Crippen molar-refractivity contribution in [2.24, 2.45) is 28.2 Å². The van der Waals surface area contributed by atoms with Crippen molar-refractivity contribution in [2.45, 2.75) is 27.7 Å². The van der Waals surface area contributed by atoms with Gasteiger partial charge in [0.2, 0.25) is 0 Å². The van der Waals surface area contributed by atoms with Crippen LogP contribution >= 0.6 is 68.0 Å². The van der Waals surface area contributed by atoms with Gasteiger partial charge in [-0.2, -0.15) is 0 Å². The summed E-state index contributed by atoms with van der Waals surface area (Å²) >= 11 is 11.4. The van der Waals surface area contributed by atoms with Crippen molar-refractivity contribution in [1.29, 1.82) is 0 Å². The van der Waals surface area contributed by atoms with E-state index >= 15 is 0 Å². The molecule has 0 spiro atoms. The molecule has 0 saturated carbocycles. The molecule has 0 amide bonds. The average molecular weight is 1350 g/mol.